The molecule has 0 saturated carbocycles. The summed E-state index contributed by atoms with van der Waals surface area (Å²) in [5.41, 5.74) is 5.02. The molecule has 0 bridgehead atoms. The highest BCUT2D eigenvalue weighted by molar-refractivity contribution is 5.98. The van der Waals surface area contributed by atoms with E-state index in [9.17, 15) is 0 Å². The molecule has 28 heavy (non-hydrogen) atoms. The van der Waals surface area contributed by atoms with E-state index < -0.39 is 0 Å². The Morgan fingerprint density at radius 2 is 1.96 bits per heavy atom. The van der Waals surface area contributed by atoms with Gasteiger partial charge >= 0.3 is 0 Å². The molecule has 0 radical (unpaired) electrons. The third-order valence-electron chi connectivity index (χ3n) is 4.50. The highest BCUT2D eigenvalue weighted by Crippen LogP contribution is 2.37. The van der Waals surface area contributed by atoms with E-state index in [0.29, 0.717) is 29.3 Å². The van der Waals surface area contributed by atoms with E-state index in [2.05, 4.69) is 25.4 Å². The van der Waals surface area contributed by atoms with Gasteiger partial charge in [-0.3, -0.25) is 0 Å². The van der Waals surface area contributed by atoms with Crippen molar-refractivity contribution in [1.82, 2.24) is 20.1 Å². The summed E-state index contributed by atoms with van der Waals surface area (Å²) in [6.07, 6.45) is 2.41. The Kier molecular flexibility index (Phi) is 4.65. The van der Waals surface area contributed by atoms with E-state index >= 15 is 0 Å². The number of aryl methyl sites for hydroxylation is 3. The SMILES string of the molecule is CCc1noc(-c2cnc3nc(C)ccc3c2Nc2cc(C)ccc2OC)n1. The number of fused-ring (bicyclic) bond motifs is 1. The first-order valence-electron chi connectivity index (χ1n) is 9.10. The lowest BCUT2D eigenvalue weighted by Crippen LogP contribution is -2.00. The van der Waals surface area contributed by atoms with Crippen LogP contribution in [0.15, 0.2) is 41.1 Å². The van der Waals surface area contributed by atoms with Gasteiger partial charge in [0, 0.05) is 23.7 Å². The van der Waals surface area contributed by atoms with E-state index in [1.165, 1.54) is 0 Å². The molecule has 0 aliphatic heterocycles. The second-order valence-corrected chi connectivity index (χ2v) is 6.57. The van der Waals surface area contributed by atoms with Crippen LogP contribution >= 0.6 is 0 Å². The summed E-state index contributed by atoms with van der Waals surface area (Å²) in [4.78, 5) is 13.5. The number of pyridine rings is 2. The van der Waals surface area contributed by atoms with Gasteiger partial charge in [0.05, 0.1) is 24.0 Å². The number of anilines is 2. The molecule has 0 aliphatic carbocycles. The highest BCUT2D eigenvalue weighted by Gasteiger charge is 2.18. The molecular formula is C21H21N5O2. The summed E-state index contributed by atoms with van der Waals surface area (Å²) in [5.74, 6) is 1.80. The van der Waals surface area contributed by atoms with Crippen molar-refractivity contribution >= 4 is 22.4 Å². The van der Waals surface area contributed by atoms with Crippen molar-refractivity contribution in [2.45, 2.75) is 27.2 Å². The maximum absolute atomic E-state index is 5.53. The number of hydrogen-bond donors (Lipinski definition) is 1. The van der Waals surface area contributed by atoms with Crippen LogP contribution in [0.25, 0.3) is 22.5 Å². The van der Waals surface area contributed by atoms with Gasteiger partial charge in [0.25, 0.3) is 5.89 Å². The first-order chi connectivity index (χ1) is 13.6. The molecular weight excluding hydrogens is 354 g/mol. The van der Waals surface area contributed by atoms with Crippen molar-refractivity contribution < 1.29 is 9.26 Å². The van der Waals surface area contributed by atoms with Crippen LogP contribution in [0.5, 0.6) is 5.75 Å². The summed E-state index contributed by atoms with van der Waals surface area (Å²) in [6, 6.07) is 9.92. The fourth-order valence-electron chi connectivity index (χ4n) is 3.03. The largest absolute Gasteiger partial charge is 0.495 e. The Labute approximate surface area is 162 Å². The smallest absolute Gasteiger partial charge is 0.261 e. The summed E-state index contributed by atoms with van der Waals surface area (Å²) < 4.78 is 11.0. The van der Waals surface area contributed by atoms with Gasteiger partial charge in [-0.25, -0.2) is 9.97 Å². The van der Waals surface area contributed by atoms with Crippen LogP contribution in [0, 0.1) is 13.8 Å². The topological polar surface area (TPSA) is 86.0 Å². The lowest BCUT2D eigenvalue weighted by molar-refractivity contribution is 0.416. The maximum Gasteiger partial charge on any atom is 0.261 e. The summed E-state index contributed by atoms with van der Waals surface area (Å²) >= 11 is 0. The van der Waals surface area contributed by atoms with Crippen LogP contribution in [-0.2, 0) is 6.42 Å². The number of rotatable bonds is 5. The second-order valence-electron chi connectivity index (χ2n) is 6.57. The van der Waals surface area contributed by atoms with E-state index in [1.807, 2.05) is 51.1 Å². The number of nitrogens with zero attached hydrogens (tertiary/aromatic N) is 4. The van der Waals surface area contributed by atoms with E-state index in [4.69, 9.17) is 9.26 Å². The van der Waals surface area contributed by atoms with Crippen molar-refractivity contribution in [2.75, 3.05) is 12.4 Å². The average molecular weight is 375 g/mol. The van der Waals surface area contributed by atoms with Crippen molar-refractivity contribution in [1.29, 1.82) is 0 Å². The summed E-state index contributed by atoms with van der Waals surface area (Å²) in [7, 11) is 1.65. The van der Waals surface area contributed by atoms with E-state index in [0.717, 1.165) is 33.8 Å². The molecule has 1 aromatic carbocycles. The lowest BCUT2D eigenvalue weighted by Gasteiger charge is -2.15. The van der Waals surface area contributed by atoms with Crippen molar-refractivity contribution in [3.8, 4) is 17.2 Å². The molecule has 4 aromatic rings. The minimum atomic E-state index is 0.418. The molecule has 0 amide bonds. The molecule has 7 heteroatoms. The Hall–Kier alpha value is -3.48. The van der Waals surface area contributed by atoms with Gasteiger partial charge in [0.2, 0.25) is 0 Å². The number of benzene rings is 1. The Morgan fingerprint density at radius 3 is 2.71 bits per heavy atom. The molecule has 0 atom stereocenters. The van der Waals surface area contributed by atoms with Gasteiger partial charge in [0.1, 0.15) is 5.75 Å². The standard InChI is InChI=1S/C21H21N5O2/c1-5-18-25-21(28-26-18)15-11-22-20-14(8-7-13(3)23-20)19(15)24-16-10-12(2)6-9-17(16)27-4/h6-11H,5H2,1-4H3,(H,22,23,24). The summed E-state index contributed by atoms with van der Waals surface area (Å²) in [5, 5.41) is 8.37. The number of methoxy groups -OCH3 is 1. The molecule has 0 spiro atoms. The van der Waals surface area contributed by atoms with Crippen LogP contribution in [0.3, 0.4) is 0 Å². The quantitative estimate of drug-likeness (QED) is 0.545. The van der Waals surface area contributed by atoms with Crippen LogP contribution in [-0.4, -0.2) is 27.2 Å². The summed E-state index contributed by atoms with van der Waals surface area (Å²) in [6.45, 7) is 5.96. The molecule has 4 rings (SSSR count). The third-order valence-corrected chi connectivity index (χ3v) is 4.50. The van der Waals surface area contributed by atoms with Crippen LogP contribution < -0.4 is 10.1 Å². The lowest BCUT2D eigenvalue weighted by atomic mass is 10.1. The van der Waals surface area contributed by atoms with E-state index in [1.54, 1.807) is 13.3 Å². The second kappa shape index (κ2) is 7.26. The molecule has 7 nitrogen and oxygen atoms in total. The van der Waals surface area contributed by atoms with Crippen molar-refractivity contribution in [3.63, 3.8) is 0 Å². The van der Waals surface area contributed by atoms with Crippen LogP contribution in [0.1, 0.15) is 24.0 Å². The fourth-order valence-corrected chi connectivity index (χ4v) is 3.03. The Morgan fingerprint density at radius 1 is 1.11 bits per heavy atom. The molecule has 0 aliphatic rings. The van der Waals surface area contributed by atoms with Gasteiger partial charge in [-0.2, -0.15) is 4.98 Å². The fraction of sp³-hybridized carbons (Fsp3) is 0.238. The monoisotopic (exact) mass is 375 g/mol. The van der Waals surface area contributed by atoms with Gasteiger partial charge in [0.15, 0.2) is 11.5 Å². The first kappa shape index (κ1) is 17.9. The third kappa shape index (κ3) is 3.26. The minimum absolute atomic E-state index is 0.418. The predicted octanol–water partition coefficient (Wildman–Crippen LogP) is 4.61. The minimum Gasteiger partial charge on any atom is -0.495 e. The zero-order chi connectivity index (χ0) is 19.7. The number of nitrogens with one attached hydrogen (secondary N) is 1. The van der Waals surface area contributed by atoms with Crippen LogP contribution in [0.4, 0.5) is 11.4 Å². The highest BCUT2D eigenvalue weighted by atomic mass is 16.5. The Balaban J connectivity index is 1.93. The predicted molar refractivity (Wildman–Crippen MR) is 108 cm³/mol. The zero-order valence-electron chi connectivity index (χ0n) is 16.3. The zero-order valence-corrected chi connectivity index (χ0v) is 16.3. The van der Waals surface area contributed by atoms with E-state index in [-0.39, 0.29) is 0 Å². The molecule has 0 fully saturated rings. The molecule has 0 unspecified atom stereocenters. The normalized spacial score (nSPS) is 11.0. The molecule has 3 aromatic heterocycles. The number of hydrogen-bond acceptors (Lipinski definition) is 7. The van der Waals surface area contributed by atoms with Crippen LogP contribution in [0.2, 0.25) is 0 Å². The van der Waals surface area contributed by atoms with Gasteiger partial charge < -0.3 is 14.6 Å². The van der Waals surface area contributed by atoms with Crippen molar-refractivity contribution in [2.24, 2.45) is 0 Å². The van der Waals surface area contributed by atoms with Gasteiger partial charge in [-0.1, -0.05) is 18.1 Å². The molecule has 1 N–H and O–H groups in total. The average Bonchev–Trinajstić information content (AvgIpc) is 3.17. The molecule has 142 valence electrons. The Bertz CT molecular complexity index is 1150. The van der Waals surface area contributed by atoms with Gasteiger partial charge in [-0.05, 0) is 43.7 Å². The maximum atomic E-state index is 5.53. The number of aromatic nitrogens is 4. The number of ether oxygens (including phenoxy) is 1. The van der Waals surface area contributed by atoms with Crippen molar-refractivity contribution in [3.05, 3.63) is 53.6 Å². The molecule has 0 saturated heterocycles. The molecule has 3 heterocycles. The van der Waals surface area contributed by atoms with Gasteiger partial charge in [-0.15, -0.1) is 0 Å². The first-order valence-corrected chi connectivity index (χ1v) is 9.10.